The summed E-state index contributed by atoms with van der Waals surface area (Å²) in [5.41, 5.74) is 1.24. The molecule has 8 nitrogen and oxygen atoms in total. The molecular weight excluding hydrogens is 362 g/mol. The van der Waals surface area contributed by atoms with Crippen LogP contribution in [0.25, 0.3) is 10.9 Å². The van der Waals surface area contributed by atoms with E-state index in [4.69, 9.17) is 14.7 Å². The summed E-state index contributed by atoms with van der Waals surface area (Å²) in [5, 5.41) is 20.5. The lowest BCUT2D eigenvalue weighted by Gasteiger charge is -2.09. The Morgan fingerprint density at radius 3 is 2.75 bits per heavy atom. The third-order valence-corrected chi connectivity index (χ3v) is 4.27. The fraction of sp³-hybridized carbons (Fsp3) is 0.200. The third-order valence-electron chi connectivity index (χ3n) is 4.27. The lowest BCUT2D eigenvalue weighted by Crippen LogP contribution is -2.12. The second-order valence-electron chi connectivity index (χ2n) is 5.97. The molecule has 0 aliphatic carbocycles. The van der Waals surface area contributed by atoms with Gasteiger partial charge in [0.2, 0.25) is 5.78 Å². The average Bonchev–Trinajstić information content (AvgIpc) is 3.09. The molecule has 8 heteroatoms. The molecule has 0 saturated heterocycles. The SMILES string of the molecule is COc1cc([N+](=O)[O-])ccc1OCC(=O)c1cn(CCC#N)c2ccccc12. The van der Waals surface area contributed by atoms with Crippen LogP contribution in [0.4, 0.5) is 5.69 Å². The van der Waals surface area contributed by atoms with Gasteiger partial charge in [0.15, 0.2) is 18.1 Å². The first-order chi connectivity index (χ1) is 13.5. The van der Waals surface area contributed by atoms with Gasteiger partial charge in [0.25, 0.3) is 5.69 Å². The number of hydrogen-bond acceptors (Lipinski definition) is 6. The summed E-state index contributed by atoms with van der Waals surface area (Å²) in [6, 6.07) is 13.5. The molecule has 0 saturated carbocycles. The van der Waals surface area contributed by atoms with Crippen molar-refractivity contribution < 1.29 is 19.2 Å². The van der Waals surface area contributed by atoms with Gasteiger partial charge in [-0.3, -0.25) is 14.9 Å². The van der Waals surface area contributed by atoms with Crippen molar-refractivity contribution >= 4 is 22.4 Å². The van der Waals surface area contributed by atoms with E-state index in [2.05, 4.69) is 6.07 Å². The highest BCUT2D eigenvalue weighted by Crippen LogP contribution is 2.31. The number of benzene rings is 2. The molecule has 2 aromatic carbocycles. The van der Waals surface area contributed by atoms with Crippen molar-refractivity contribution in [2.24, 2.45) is 0 Å². The lowest BCUT2D eigenvalue weighted by atomic mass is 10.1. The molecule has 0 aliphatic rings. The summed E-state index contributed by atoms with van der Waals surface area (Å²) in [5.74, 6) is 0.181. The van der Waals surface area contributed by atoms with Crippen LogP contribution in [0.3, 0.4) is 0 Å². The number of rotatable bonds is 8. The fourth-order valence-electron chi connectivity index (χ4n) is 2.93. The molecule has 0 spiro atoms. The number of para-hydroxylation sites is 1. The molecule has 0 radical (unpaired) electrons. The molecule has 0 fully saturated rings. The number of non-ortho nitro benzene ring substituents is 1. The van der Waals surface area contributed by atoms with Crippen molar-refractivity contribution in [2.45, 2.75) is 13.0 Å². The van der Waals surface area contributed by atoms with Gasteiger partial charge in [0.1, 0.15) is 0 Å². The fourth-order valence-corrected chi connectivity index (χ4v) is 2.93. The quantitative estimate of drug-likeness (QED) is 0.335. The standard InChI is InChI=1S/C20H17N3O5/c1-27-20-11-14(23(25)26)7-8-19(20)28-13-18(24)16-12-22(10-4-9-21)17-6-3-2-5-15(16)17/h2-3,5-8,11-12H,4,10,13H2,1H3. The summed E-state index contributed by atoms with van der Waals surface area (Å²) < 4.78 is 12.6. The number of nitro benzene ring substituents is 1. The molecular formula is C20H17N3O5. The largest absolute Gasteiger partial charge is 0.493 e. The maximum absolute atomic E-state index is 12.7. The molecule has 1 heterocycles. The maximum atomic E-state index is 12.7. The second-order valence-corrected chi connectivity index (χ2v) is 5.97. The zero-order valence-electron chi connectivity index (χ0n) is 15.1. The van der Waals surface area contributed by atoms with Crippen molar-refractivity contribution in [1.82, 2.24) is 4.57 Å². The molecule has 0 N–H and O–H groups in total. The first kappa shape index (κ1) is 18.9. The molecule has 142 valence electrons. The topological polar surface area (TPSA) is 107 Å². The summed E-state index contributed by atoms with van der Waals surface area (Å²) in [6.07, 6.45) is 2.06. The third kappa shape index (κ3) is 3.78. The van der Waals surface area contributed by atoms with Crippen LogP contribution in [-0.2, 0) is 6.54 Å². The summed E-state index contributed by atoms with van der Waals surface area (Å²) >= 11 is 0. The molecule has 0 aliphatic heterocycles. The number of carbonyl (C=O) groups excluding carboxylic acids is 1. The Morgan fingerprint density at radius 2 is 2.04 bits per heavy atom. The summed E-state index contributed by atoms with van der Waals surface area (Å²) in [7, 11) is 1.37. The molecule has 1 aromatic heterocycles. The number of nitrogens with zero attached hydrogens (tertiary/aromatic N) is 3. The molecule has 0 bridgehead atoms. The van der Waals surface area contributed by atoms with Crippen LogP contribution in [0.1, 0.15) is 16.8 Å². The predicted octanol–water partition coefficient (Wildman–Crippen LogP) is 3.73. The van der Waals surface area contributed by atoms with E-state index in [0.29, 0.717) is 18.5 Å². The molecule has 0 atom stereocenters. The number of ketones is 1. The Labute approximate surface area is 160 Å². The number of methoxy groups -OCH3 is 1. The van der Waals surface area contributed by atoms with Crippen LogP contribution in [-0.4, -0.2) is 29.0 Å². The van der Waals surface area contributed by atoms with E-state index in [9.17, 15) is 14.9 Å². The average molecular weight is 379 g/mol. The highest BCUT2D eigenvalue weighted by molar-refractivity contribution is 6.08. The van der Waals surface area contributed by atoms with E-state index >= 15 is 0 Å². The van der Waals surface area contributed by atoms with E-state index in [0.717, 1.165) is 10.9 Å². The van der Waals surface area contributed by atoms with Crippen LogP contribution in [0.2, 0.25) is 0 Å². The smallest absolute Gasteiger partial charge is 0.273 e. The number of nitro groups is 1. The number of carbonyl (C=O) groups is 1. The second kappa shape index (κ2) is 8.22. The van der Waals surface area contributed by atoms with E-state index < -0.39 is 4.92 Å². The van der Waals surface area contributed by atoms with Gasteiger partial charge >= 0.3 is 0 Å². The molecule has 3 rings (SSSR count). The Hall–Kier alpha value is -3.86. The van der Waals surface area contributed by atoms with Gasteiger partial charge in [-0.2, -0.15) is 5.26 Å². The molecule has 3 aromatic rings. The lowest BCUT2D eigenvalue weighted by molar-refractivity contribution is -0.384. The van der Waals surface area contributed by atoms with Gasteiger partial charge in [-0.25, -0.2) is 0 Å². The Bertz CT molecular complexity index is 1080. The Morgan fingerprint density at radius 1 is 1.25 bits per heavy atom. The first-order valence-electron chi connectivity index (χ1n) is 8.48. The van der Waals surface area contributed by atoms with Gasteiger partial charge in [-0.1, -0.05) is 18.2 Å². The van der Waals surface area contributed by atoms with Crippen LogP contribution in [0.5, 0.6) is 11.5 Å². The number of hydrogen-bond donors (Lipinski definition) is 0. The van der Waals surface area contributed by atoms with Crippen molar-refractivity contribution in [3.63, 3.8) is 0 Å². The Kier molecular flexibility index (Phi) is 5.56. The zero-order chi connectivity index (χ0) is 20.1. The number of fused-ring (bicyclic) bond motifs is 1. The summed E-state index contributed by atoms with van der Waals surface area (Å²) in [6.45, 7) is 0.238. The van der Waals surface area contributed by atoms with E-state index in [1.54, 1.807) is 6.20 Å². The van der Waals surface area contributed by atoms with Gasteiger partial charge in [0.05, 0.1) is 30.6 Å². The number of ether oxygens (including phenoxy) is 2. The normalized spacial score (nSPS) is 10.4. The number of nitriles is 1. The van der Waals surface area contributed by atoms with Gasteiger partial charge < -0.3 is 14.0 Å². The molecule has 0 amide bonds. The predicted molar refractivity (Wildman–Crippen MR) is 102 cm³/mol. The van der Waals surface area contributed by atoms with Crippen LogP contribution in [0, 0.1) is 21.4 Å². The van der Waals surface area contributed by atoms with Gasteiger partial charge in [-0.05, 0) is 12.1 Å². The maximum Gasteiger partial charge on any atom is 0.273 e. The van der Waals surface area contributed by atoms with E-state index in [1.807, 2.05) is 28.8 Å². The van der Waals surface area contributed by atoms with Crippen molar-refractivity contribution in [3.8, 4) is 17.6 Å². The zero-order valence-corrected chi connectivity index (χ0v) is 15.1. The van der Waals surface area contributed by atoms with E-state index in [-0.39, 0.29) is 29.6 Å². The van der Waals surface area contributed by atoms with Gasteiger partial charge in [-0.15, -0.1) is 0 Å². The highest BCUT2D eigenvalue weighted by atomic mass is 16.6. The van der Waals surface area contributed by atoms with Gasteiger partial charge in [0, 0.05) is 35.3 Å². The number of Topliss-reactive ketones (excluding diaryl/α,β-unsaturated/α-hetero) is 1. The summed E-state index contributed by atoms with van der Waals surface area (Å²) in [4.78, 5) is 23.1. The minimum absolute atomic E-state index is 0.129. The van der Waals surface area contributed by atoms with Crippen LogP contribution in [0.15, 0.2) is 48.7 Å². The number of aromatic nitrogens is 1. The Balaban J connectivity index is 1.82. The minimum Gasteiger partial charge on any atom is -0.493 e. The first-order valence-corrected chi connectivity index (χ1v) is 8.48. The van der Waals surface area contributed by atoms with Crippen LogP contribution >= 0.6 is 0 Å². The highest BCUT2D eigenvalue weighted by Gasteiger charge is 2.17. The van der Waals surface area contributed by atoms with E-state index in [1.165, 1.54) is 25.3 Å². The minimum atomic E-state index is -0.534. The van der Waals surface area contributed by atoms with Crippen LogP contribution < -0.4 is 9.47 Å². The monoisotopic (exact) mass is 379 g/mol. The van der Waals surface area contributed by atoms with Crippen molar-refractivity contribution in [1.29, 1.82) is 5.26 Å². The van der Waals surface area contributed by atoms with Crippen molar-refractivity contribution in [2.75, 3.05) is 13.7 Å². The number of aryl methyl sites for hydroxylation is 1. The van der Waals surface area contributed by atoms with Crippen molar-refractivity contribution in [3.05, 3.63) is 64.3 Å². The molecule has 28 heavy (non-hydrogen) atoms. The molecule has 0 unspecified atom stereocenters.